The lowest BCUT2D eigenvalue weighted by atomic mass is 10.1. The molecule has 11 nitrogen and oxygen atoms in total. The fraction of sp³-hybridized carbons (Fsp3) is 0.421. The molecule has 3 radical (unpaired) electrons. The highest BCUT2D eigenvalue weighted by molar-refractivity contribution is 14.1. The molecule has 3 aromatic carbocycles. The van der Waals surface area contributed by atoms with Gasteiger partial charge in [-0.15, -0.1) is 0 Å². The number of rotatable bonds is 7. The summed E-state index contributed by atoms with van der Waals surface area (Å²) in [7, 11) is 0. The van der Waals surface area contributed by atoms with Crippen molar-refractivity contribution in [2.24, 2.45) is 0 Å². The van der Waals surface area contributed by atoms with Crippen molar-refractivity contribution in [3.05, 3.63) is 93.6 Å². The largest absolute Gasteiger partial charge is 0.459 e. The molecule has 14 heteroatoms. The Morgan fingerprint density at radius 1 is 0.904 bits per heavy atom. The van der Waals surface area contributed by atoms with Crippen LogP contribution >= 0.6 is 45.2 Å². The fourth-order valence-electron chi connectivity index (χ4n) is 4.21. The Hall–Kier alpha value is -3.54. The molecule has 3 aromatic rings. The molecule has 3 amide bonds. The van der Waals surface area contributed by atoms with Crippen LogP contribution in [0, 0.1) is 3.57 Å². The summed E-state index contributed by atoms with van der Waals surface area (Å²) in [4.78, 5) is 47.7. The molecule has 0 saturated heterocycles. The summed E-state index contributed by atoms with van der Waals surface area (Å²) in [6, 6.07) is 23.6. The molecule has 0 spiro atoms. The maximum atomic E-state index is 12.1. The minimum Gasteiger partial charge on any atom is -0.459 e. The lowest BCUT2D eigenvalue weighted by molar-refractivity contribution is -0.147. The summed E-state index contributed by atoms with van der Waals surface area (Å²) in [6.45, 7) is 10.9. The molecular formula is C38H54BI2N4O7. The van der Waals surface area contributed by atoms with E-state index in [2.05, 4.69) is 61.1 Å². The Morgan fingerprint density at radius 2 is 1.46 bits per heavy atom. The normalized spacial score (nSPS) is 13.8. The minimum absolute atomic E-state index is 0. The number of hydrogen-bond acceptors (Lipinski definition) is 8. The van der Waals surface area contributed by atoms with Crippen molar-refractivity contribution < 1.29 is 34.8 Å². The number of carbonyl (C=O) groups is 4. The van der Waals surface area contributed by atoms with E-state index in [0.717, 1.165) is 36.9 Å². The number of aryl methyl sites for hydroxylation is 1. The van der Waals surface area contributed by atoms with Gasteiger partial charge in [-0.1, -0.05) is 90.7 Å². The second kappa shape index (κ2) is 23.9. The van der Waals surface area contributed by atoms with Crippen LogP contribution in [0.2, 0.25) is 0 Å². The number of ether oxygens (including phenoxy) is 3. The predicted octanol–water partition coefficient (Wildman–Crippen LogP) is 8.29. The van der Waals surface area contributed by atoms with Gasteiger partial charge in [0.15, 0.2) is 0 Å². The number of carbonyl (C=O) groups excluding carboxylic acids is 4. The van der Waals surface area contributed by atoms with Crippen molar-refractivity contribution >= 4 is 89.0 Å². The zero-order chi connectivity index (χ0) is 37.3. The van der Waals surface area contributed by atoms with E-state index in [0.29, 0.717) is 12.8 Å². The first kappa shape index (κ1) is 48.5. The fourth-order valence-corrected chi connectivity index (χ4v) is 5.22. The third kappa shape index (κ3) is 19.9. The van der Waals surface area contributed by atoms with E-state index < -0.39 is 41.4 Å². The summed E-state index contributed by atoms with van der Waals surface area (Å²) < 4.78 is 17.4. The molecule has 0 bridgehead atoms. The van der Waals surface area contributed by atoms with Gasteiger partial charge in [0.1, 0.15) is 29.9 Å². The Labute approximate surface area is 339 Å². The average molecular weight is 944 g/mol. The highest BCUT2D eigenvalue weighted by Crippen LogP contribution is 2.22. The van der Waals surface area contributed by atoms with Gasteiger partial charge >= 0.3 is 18.2 Å². The molecule has 0 unspecified atom stereocenters. The lowest BCUT2D eigenvalue weighted by Gasteiger charge is -2.22. The predicted molar refractivity (Wildman–Crippen MR) is 228 cm³/mol. The van der Waals surface area contributed by atoms with Gasteiger partial charge in [-0.3, -0.25) is 4.79 Å². The van der Waals surface area contributed by atoms with Crippen molar-refractivity contribution in [2.45, 2.75) is 98.1 Å². The SMILES string of the molecule is C.CC(C)(C)OC(=O)N[C@@H](CCI)C(=O)OCc1ccccc1.CC(C)(C)OC(=O)N[C@H]1CCc2ccccc2NC1=O.Nc1ccccc1I.[2HH].[B]. The van der Waals surface area contributed by atoms with Crippen LogP contribution in [0.3, 0.4) is 0 Å². The summed E-state index contributed by atoms with van der Waals surface area (Å²) in [6.07, 6.45) is 0.605. The van der Waals surface area contributed by atoms with E-state index in [1.54, 1.807) is 41.5 Å². The Morgan fingerprint density at radius 3 is 2.02 bits per heavy atom. The Kier molecular flexibility index (Phi) is 22.3. The maximum Gasteiger partial charge on any atom is 0.408 e. The van der Waals surface area contributed by atoms with Crippen molar-refractivity contribution in [1.29, 1.82) is 0 Å². The third-order valence-corrected chi connectivity index (χ3v) is 8.09. The van der Waals surface area contributed by atoms with Crippen molar-refractivity contribution in [3.63, 3.8) is 0 Å². The van der Waals surface area contributed by atoms with Crippen molar-refractivity contribution in [2.75, 3.05) is 15.5 Å². The first-order chi connectivity index (χ1) is 23.5. The smallest absolute Gasteiger partial charge is 0.408 e. The molecule has 0 fully saturated rings. The molecule has 285 valence electrons. The van der Waals surface area contributed by atoms with Crippen LogP contribution in [0.25, 0.3) is 0 Å². The number of nitrogen functional groups attached to an aromatic ring is 1. The molecule has 2 atom stereocenters. The quantitative estimate of drug-likeness (QED) is 0.0461. The Balaban J connectivity index is 0. The van der Waals surface area contributed by atoms with Gasteiger partial charge in [-0.2, -0.15) is 0 Å². The van der Waals surface area contributed by atoms with E-state index in [1.165, 1.54) is 0 Å². The average Bonchev–Trinajstić information content (AvgIpc) is 3.18. The van der Waals surface area contributed by atoms with Gasteiger partial charge < -0.3 is 35.9 Å². The van der Waals surface area contributed by atoms with Crippen molar-refractivity contribution in [3.8, 4) is 0 Å². The van der Waals surface area contributed by atoms with Crippen LogP contribution in [-0.2, 0) is 36.8 Å². The summed E-state index contributed by atoms with van der Waals surface area (Å²) in [5.74, 6) is -0.660. The number of amides is 3. The number of benzene rings is 3. The summed E-state index contributed by atoms with van der Waals surface area (Å²) in [5.41, 5.74) is 7.98. The van der Waals surface area contributed by atoms with Crippen LogP contribution in [0.5, 0.6) is 0 Å². The molecule has 1 heterocycles. The number of halogens is 2. The Bertz CT molecular complexity index is 1540. The van der Waals surface area contributed by atoms with Gasteiger partial charge in [0.2, 0.25) is 5.91 Å². The molecule has 0 aliphatic carbocycles. The monoisotopic (exact) mass is 944 g/mol. The van der Waals surface area contributed by atoms with Crippen LogP contribution in [-0.4, -0.2) is 60.2 Å². The van der Waals surface area contributed by atoms with Gasteiger partial charge in [-0.05, 0) is 113 Å². The van der Waals surface area contributed by atoms with Gasteiger partial charge in [-0.25, -0.2) is 14.4 Å². The number of alkyl halides is 1. The number of anilines is 2. The lowest BCUT2D eigenvalue weighted by Crippen LogP contribution is -2.45. The zero-order valence-corrected chi connectivity index (χ0v) is 34.3. The van der Waals surface area contributed by atoms with Crippen LogP contribution in [0.15, 0.2) is 78.9 Å². The van der Waals surface area contributed by atoms with Crippen LogP contribution < -0.4 is 21.7 Å². The standard InChI is InChI=1S/C16H22INO4.C15H20N2O3.C6H6IN.CH4.B.H2/c1-16(2,3)22-15(20)18-13(9-10-17)14(19)21-11-12-7-5-4-6-8-12;1-15(2,3)20-14(19)17-12-9-8-10-6-4-5-7-11(10)16-13(12)18;7-5-3-1-2-4-6(5)8;;;/h4-8,13H,9-11H2,1-3H3,(H,18,20);4-7,12H,8-9H2,1-3H3,(H,16,18)(H,17,19);1-4H,8H2;1H4;;1H/t13-;12-;;;;/m00..../s1/i;;;;;1+1. The molecule has 1 aliphatic rings. The van der Waals surface area contributed by atoms with Crippen LogP contribution in [0.1, 0.15) is 74.4 Å². The number of hydrogen-bond donors (Lipinski definition) is 4. The minimum atomic E-state index is -0.699. The van der Waals surface area contributed by atoms with E-state index in [1.807, 2.05) is 78.9 Å². The van der Waals surface area contributed by atoms with Crippen LogP contribution in [0.4, 0.5) is 21.0 Å². The van der Waals surface area contributed by atoms with Gasteiger partial charge in [0.05, 0.1) is 0 Å². The first-order valence-corrected chi connectivity index (χ1v) is 18.7. The number of alkyl carbamates (subject to hydrolysis) is 2. The zero-order valence-electron chi connectivity index (χ0n) is 30.0. The number of para-hydroxylation sites is 2. The maximum absolute atomic E-state index is 12.1. The molecule has 5 N–H and O–H groups in total. The van der Waals surface area contributed by atoms with Gasteiger partial charge in [0.25, 0.3) is 0 Å². The number of nitrogens with two attached hydrogens (primary N) is 1. The highest BCUT2D eigenvalue weighted by atomic mass is 127. The number of esters is 1. The summed E-state index contributed by atoms with van der Waals surface area (Å²) in [5, 5.41) is 8.03. The van der Waals surface area contributed by atoms with E-state index in [9.17, 15) is 19.2 Å². The summed E-state index contributed by atoms with van der Waals surface area (Å²) >= 11 is 4.35. The van der Waals surface area contributed by atoms with E-state index in [4.69, 9.17) is 19.9 Å². The third-order valence-electron chi connectivity index (χ3n) is 6.49. The first-order valence-electron chi connectivity index (χ1n) is 16.1. The van der Waals surface area contributed by atoms with Gasteiger partial charge in [0, 0.05) is 29.2 Å². The molecule has 52 heavy (non-hydrogen) atoms. The molecule has 0 saturated carbocycles. The molecule has 1 aliphatic heterocycles. The van der Waals surface area contributed by atoms with E-state index >= 15 is 0 Å². The molecule has 4 rings (SSSR count). The number of nitrogens with one attached hydrogen (secondary N) is 3. The molecular weight excluding hydrogens is 889 g/mol. The van der Waals surface area contributed by atoms with E-state index in [-0.39, 0.29) is 29.8 Å². The molecule has 0 aromatic heterocycles. The highest BCUT2D eigenvalue weighted by Gasteiger charge is 2.27. The number of fused-ring (bicyclic) bond motifs is 1. The second-order valence-corrected chi connectivity index (χ2v) is 15.4. The van der Waals surface area contributed by atoms with Crippen molar-refractivity contribution in [1.82, 2.24) is 10.6 Å². The topological polar surface area (TPSA) is 158 Å². The second-order valence-electron chi connectivity index (χ2n) is 13.2.